The van der Waals surface area contributed by atoms with E-state index < -0.39 is 0 Å². The maximum absolute atomic E-state index is 6.19. The highest BCUT2D eigenvalue weighted by molar-refractivity contribution is 5.43. The lowest BCUT2D eigenvalue weighted by Crippen LogP contribution is -2.18. The van der Waals surface area contributed by atoms with Gasteiger partial charge in [0.2, 0.25) is 0 Å². The van der Waals surface area contributed by atoms with E-state index in [1.807, 2.05) is 0 Å². The molecule has 0 saturated heterocycles. The van der Waals surface area contributed by atoms with Gasteiger partial charge in [-0.1, -0.05) is 42.5 Å². The topological polar surface area (TPSA) is 35.2 Å². The molecule has 110 valence electrons. The Morgan fingerprint density at radius 2 is 1.90 bits per heavy atom. The lowest BCUT2D eigenvalue weighted by atomic mass is 9.87. The summed E-state index contributed by atoms with van der Waals surface area (Å²) in [6.07, 6.45) is 5.45. The Morgan fingerprint density at radius 1 is 1.05 bits per heavy atom. The van der Waals surface area contributed by atoms with Gasteiger partial charge >= 0.3 is 0 Å². The summed E-state index contributed by atoms with van der Waals surface area (Å²) < 4.78 is 6.02. The second-order valence-electron chi connectivity index (χ2n) is 5.76. The normalized spacial score (nSPS) is 17.3. The molecule has 0 aromatic heterocycles. The van der Waals surface area contributed by atoms with Gasteiger partial charge in [0.25, 0.3) is 0 Å². The molecule has 1 atom stereocenters. The molecule has 2 nitrogen and oxygen atoms in total. The van der Waals surface area contributed by atoms with Crippen molar-refractivity contribution in [2.45, 2.75) is 38.1 Å². The summed E-state index contributed by atoms with van der Waals surface area (Å²) in [5, 5.41) is 0. The second kappa shape index (κ2) is 6.77. The monoisotopic (exact) mass is 281 g/mol. The Balaban J connectivity index is 1.57. The summed E-state index contributed by atoms with van der Waals surface area (Å²) in [5.74, 6) is 1.04. The van der Waals surface area contributed by atoms with Crippen LogP contribution in [0.1, 0.15) is 42.0 Å². The van der Waals surface area contributed by atoms with Crippen molar-refractivity contribution < 1.29 is 4.74 Å². The molecule has 0 aliphatic heterocycles. The lowest BCUT2D eigenvalue weighted by Gasteiger charge is -2.24. The lowest BCUT2D eigenvalue weighted by molar-refractivity contribution is 0.305. The molecule has 2 heteroatoms. The van der Waals surface area contributed by atoms with Crippen LogP contribution in [0.5, 0.6) is 5.75 Å². The molecule has 1 aliphatic rings. The van der Waals surface area contributed by atoms with Crippen molar-refractivity contribution in [1.82, 2.24) is 0 Å². The summed E-state index contributed by atoms with van der Waals surface area (Å²) >= 11 is 0. The van der Waals surface area contributed by atoms with Crippen molar-refractivity contribution in [3.63, 3.8) is 0 Å². The van der Waals surface area contributed by atoms with Crippen LogP contribution in [-0.2, 0) is 12.8 Å². The molecule has 3 rings (SSSR count). The minimum absolute atomic E-state index is 0.182. The Hall–Kier alpha value is -1.80. The number of aryl methyl sites for hydroxylation is 1. The van der Waals surface area contributed by atoms with Crippen molar-refractivity contribution >= 4 is 0 Å². The SMILES string of the molecule is NC1CCCc2c(OCCCc3ccccc3)cccc21. The van der Waals surface area contributed by atoms with Gasteiger partial charge in [-0.05, 0) is 54.9 Å². The molecule has 1 unspecified atom stereocenters. The zero-order valence-electron chi connectivity index (χ0n) is 12.4. The maximum Gasteiger partial charge on any atom is 0.122 e. The highest BCUT2D eigenvalue weighted by atomic mass is 16.5. The minimum Gasteiger partial charge on any atom is -0.493 e. The molecular weight excluding hydrogens is 258 g/mol. The van der Waals surface area contributed by atoms with Crippen LogP contribution >= 0.6 is 0 Å². The van der Waals surface area contributed by atoms with Gasteiger partial charge in [-0.15, -0.1) is 0 Å². The van der Waals surface area contributed by atoms with Crippen LogP contribution in [0.25, 0.3) is 0 Å². The maximum atomic E-state index is 6.19. The van der Waals surface area contributed by atoms with Gasteiger partial charge in [0.15, 0.2) is 0 Å². The first kappa shape index (κ1) is 14.2. The number of nitrogens with two attached hydrogens (primary N) is 1. The van der Waals surface area contributed by atoms with Crippen LogP contribution in [-0.4, -0.2) is 6.61 Å². The Labute approximate surface area is 126 Å². The highest BCUT2D eigenvalue weighted by Gasteiger charge is 2.19. The number of fused-ring (bicyclic) bond motifs is 1. The molecule has 21 heavy (non-hydrogen) atoms. The third-order valence-electron chi connectivity index (χ3n) is 4.22. The number of benzene rings is 2. The fourth-order valence-corrected chi connectivity index (χ4v) is 3.09. The molecule has 1 aliphatic carbocycles. The molecule has 2 N–H and O–H groups in total. The molecule has 0 heterocycles. The zero-order chi connectivity index (χ0) is 14.5. The highest BCUT2D eigenvalue weighted by Crippen LogP contribution is 2.34. The molecule has 0 saturated carbocycles. The van der Waals surface area contributed by atoms with Crippen LogP contribution in [0.3, 0.4) is 0 Å². The standard InChI is InChI=1S/C19H23NO/c20-18-12-4-11-17-16(18)10-5-13-19(17)21-14-6-9-15-7-2-1-3-8-15/h1-3,5,7-8,10,13,18H,4,6,9,11-12,14,20H2. The largest absolute Gasteiger partial charge is 0.493 e. The molecule has 0 amide bonds. The predicted molar refractivity (Wildman–Crippen MR) is 86.6 cm³/mol. The zero-order valence-corrected chi connectivity index (χ0v) is 12.4. The predicted octanol–water partition coefficient (Wildman–Crippen LogP) is 4.03. The molecule has 0 spiro atoms. The van der Waals surface area contributed by atoms with Gasteiger partial charge in [0.1, 0.15) is 5.75 Å². The van der Waals surface area contributed by atoms with Crippen molar-refractivity contribution in [1.29, 1.82) is 0 Å². The van der Waals surface area contributed by atoms with Crippen molar-refractivity contribution in [2.75, 3.05) is 6.61 Å². The quantitative estimate of drug-likeness (QED) is 0.840. The van der Waals surface area contributed by atoms with Gasteiger partial charge < -0.3 is 10.5 Å². The Bertz CT molecular complexity index is 579. The van der Waals surface area contributed by atoms with Crippen LogP contribution in [0.15, 0.2) is 48.5 Å². The van der Waals surface area contributed by atoms with Crippen LogP contribution in [0, 0.1) is 0 Å². The number of ether oxygens (including phenoxy) is 1. The summed E-state index contributed by atoms with van der Waals surface area (Å²) in [4.78, 5) is 0. The van der Waals surface area contributed by atoms with Crippen LogP contribution in [0.4, 0.5) is 0 Å². The van der Waals surface area contributed by atoms with Crippen molar-refractivity contribution in [3.8, 4) is 5.75 Å². The number of hydrogen-bond acceptors (Lipinski definition) is 2. The second-order valence-corrected chi connectivity index (χ2v) is 5.76. The smallest absolute Gasteiger partial charge is 0.122 e. The van der Waals surface area contributed by atoms with E-state index in [2.05, 4.69) is 48.5 Å². The van der Waals surface area contributed by atoms with Crippen molar-refractivity contribution in [2.24, 2.45) is 5.73 Å². The van der Waals surface area contributed by atoms with Gasteiger partial charge in [-0.2, -0.15) is 0 Å². The van der Waals surface area contributed by atoms with E-state index in [1.54, 1.807) is 0 Å². The van der Waals surface area contributed by atoms with Gasteiger partial charge in [0.05, 0.1) is 6.61 Å². The molecule has 0 fully saturated rings. The first-order valence-corrected chi connectivity index (χ1v) is 7.88. The molecule has 0 radical (unpaired) electrons. The average molecular weight is 281 g/mol. The average Bonchev–Trinajstić information content (AvgIpc) is 2.53. The third kappa shape index (κ3) is 3.45. The van der Waals surface area contributed by atoms with E-state index in [4.69, 9.17) is 10.5 Å². The van der Waals surface area contributed by atoms with Crippen LogP contribution < -0.4 is 10.5 Å². The summed E-state index contributed by atoms with van der Waals surface area (Å²) in [7, 11) is 0. The first-order valence-electron chi connectivity index (χ1n) is 7.88. The summed E-state index contributed by atoms with van der Waals surface area (Å²) in [5.41, 5.74) is 10.2. The van der Waals surface area contributed by atoms with E-state index in [-0.39, 0.29) is 6.04 Å². The van der Waals surface area contributed by atoms with E-state index in [9.17, 15) is 0 Å². The van der Waals surface area contributed by atoms with Crippen LogP contribution in [0.2, 0.25) is 0 Å². The number of rotatable bonds is 5. The molecule has 2 aromatic rings. The Morgan fingerprint density at radius 3 is 2.76 bits per heavy atom. The molecule has 0 bridgehead atoms. The van der Waals surface area contributed by atoms with E-state index in [1.165, 1.54) is 23.1 Å². The molecule has 2 aromatic carbocycles. The van der Waals surface area contributed by atoms with E-state index >= 15 is 0 Å². The molecular formula is C19H23NO. The van der Waals surface area contributed by atoms with Gasteiger partial charge in [-0.25, -0.2) is 0 Å². The third-order valence-corrected chi connectivity index (χ3v) is 4.22. The van der Waals surface area contributed by atoms with E-state index in [0.717, 1.165) is 38.0 Å². The fraction of sp³-hybridized carbons (Fsp3) is 0.368. The summed E-state index contributed by atoms with van der Waals surface area (Å²) in [6, 6.07) is 17.1. The van der Waals surface area contributed by atoms with E-state index in [0.29, 0.717) is 0 Å². The Kier molecular flexibility index (Phi) is 4.56. The first-order chi connectivity index (χ1) is 10.3. The minimum atomic E-state index is 0.182. The van der Waals surface area contributed by atoms with Gasteiger partial charge in [0, 0.05) is 6.04 Å². The number of hydrogen-bond donors (Lipinski definition) is 1. The van der Waals surface area contributed by atoms with Crippen molar-refractivity contribution in [3.05, 3.63) is 65.2 Å². The fourth-order valence-electron chi connectivity index (χ4n) is 3.09. The summed E-state index contributed by atoms with van der Waals surface area (Å²) in [6.45, 7) is 0.764. The van der Waals surface area contributed by atoms with Gasteiger partial charge in [-0.3, -0.25) is 0 Å².